The topological polar surface area (TPSA) is 58.2 Å². The first kappa shape index (κ1) is 21.4. The zero-order valence-electron chi connectivity index (χ0n) is 16.6. The summed E-state index contributed by atoms with van der Waals surface area (Å²) in [5.41, 5.74) is 1.64. The number of rotatable bonds is 11. The van der Waals surface area contributed by atoms with Gasteiger partial charge in [0.25, 0.3) is 11.8 Å². The lowest BCUT2D eigenvalue weighted by atomic mass is 10.1. The van der Waals surface area contributed by atoms with Crippen molar-refractivity contribution >= 4 is 17.9 Å². The summed E-state index contributed by atoms with van der Waals surface area (Å²) in [5.74, 6) is -0.556. The Labute approximate surface area is 168 Å². The molecule has 0 heterocycles. The number of carbonyl (C=O) groups is 2. The van der Waals surface area contributed by atoms with Crippen molar-refractivity contribution in [3.8, 4) is 0 Å². The maximum absolute atomic E-state index is 12.7. The van der Waals surface area contributed by atoms with Gasteiger partial charge in [0.05, 0.1) is 0 Å². The van der Waals surface area contributed by atoms with Crippen LogP contribution < -0.4 is 10.6 Å². The number of benzene rings is 2. The maximum atomic E-state index is 12.7. The number of nitrogens with one attached hydrogen (secondary N) is 2. The minimum atomic E-state index is -0.294. The average Bonchev–Trinajstić information content (AvgIpc) is 2.73. The van der Waals surface area contributed by atoms with Crippen molar-refractivity contribution in [2.75, 3.05) is 6.54 Å². The largest absolute Gasteiger partial charge is 0.351 e. The van der Waals surface area contributed by atoms with Gasteiger partial charge in [0.15, 0.2) is 0 Å². The lowest BCUT2D eigenvalue weighted by molar-refractivity contribution is -0.117. The van der Waals surface area contributed by atoms with Gasteiger partial charge in [-0.05, 0) is 30.2 Å². The molecule has 148 valence electrons. The second kappa shape index (κ2) is 12.5. The van der Waals surface area contributed by atoms with Crippen molar-refractivity contribution in [1.29, 1.82) is 0 Å². The number of carbonyl (C=O) groups excluding carboxylic acids is 2. The Bertz CT molecular complexity index is 755. The molecule has 2 N–H and O–H groups in total. The molecule has 0 aliphatic carbocycles. The summed E-state index contributed by atoms with van der Waals surface area (Å²) in [4.78, 5) is 25.1. The van der Waals surface area contributed by atoms with Crippen molar-refractivity contribution in [2.24, 2.45) is 0 Å². The Hall–Kier alpha value is -2.88. The third-order valence-electron chi connectivity index (χ3n) is 4.46. The Kier molecular flexibility index (Phi) is 9.56. The molecule has 0 atom stereocenters. The summed E-state index contributed by atoms with van der Waals surface area (Å²) in [6.45, 7) is 2.81. The smallest absolute Gasteiger partial charge is 0.267 e. The fourth-order valence-corrected chi connectivity index (χ4v) is 2.86. The molecule has 4 nitrogen and oxygen atoms in total. The summed E-state index contributed by atoms with van der Waals surface area (Å²) in [6, 6.07) is 18.4. The summed E-state index contributed by atoms with van der Waals surface area (Å²) < 4.78 is 0. The minimum Gasteiger partial charge on any atom is -0.351 e. The fourth-order valence-electron chi connectivity index (χ4n) is 2.86. The molecular weight excluding hydrogens is 348 g/mol. The quantitative estimate of drug-likeness (QED) is 0.430. The highest BCUT2D eigenvalue weighted by atomic mass is 16.2. The SMILES string of the molecule is CCCCCCCCNC(=O)/C(=C/c1ccccc1)NC(=O)c1ccccc1. The van der Waals surface area contributed by atoms with Crippen LogP contribution in [0.3, 0.4) is 0 Å². The van der Waals surface area contributed by atoms with E-state index < -0.39 is 0 Å². The molecule has 0 bridgehead atoms. The fraction of sp³-hybridized carbons (Fsp3) is 0.333. The van der Waals surface area contributed by atoms with Crippen LogP contribution in [0.15, 0.2) is 66.4 Å². The lowest BCUT2D eigenvalue weighted by Crippen LogP contribution is -2.35. The van der Waals surface area contributed by atoms with Crippen LogP contribution in [0.25, 0.3) is 6.08 Å². The van der Waals surface area contributed by atoms with Gasteiger partial charge in [-0.15, -0.1) is 0 Å². The Balaban J connectivity index is 1.97. The van der Waals surface area contributed by atoms with Crippen LogP contribution in [-0.4, -0.2) is 18.4 Å². The number of unbranched alkanes of at least 4 members (excludes halogenated alkanes) is 5. The van der Waals surface area contributed by atoms with Gasteiger partial charge in [-0.3, -0.25) is 9.59 Å². The van der Waals surface area contributed by atoms with Crippen LogP contribution in [0.1, 0.15) is 61.4 Å². The molecule has 0 radical (unpaired) electrons. The lowest BCUT2D eigenvalue weighted by Gasteiger charge is -2.11. The van der Waals surface area contributed by atoms with Crippen LogP contribution in [0.4, 0.5) is 0 Å². The molecule has 2 amide bonds. The first-order valence-electron chi connectivity index (χ1n) is 10.1. The van der Waals surface area contributed by atoms with Crippen LogP contribution in [0, 0.1) is 0 Å². The summed E-state index contributed by atoms with van der Waals surface area (Å²) in [7, 11) is 0. The average molecular weight is 379 g/mol. The minimum absolute atomic E-state index is 0.256. The highest BCUT2D eigenvalue weighted by molar-refractivity contribution is 6.05. The first-order valence-corrected chi connectivity index (χ1v) is 10.1. The molecule has 0 spiro atoms. The molecule has 0 aromatic heterocycles. The van der Waals surface area contributed by atoms with Crippen molar-refractivity contribution in [3.63, 3.8) is 0 Å². The number of hydrogen-bond donors (Lipinski definition) is 2. The van der Waals surface area contributed by atoms with Crippen molar-refractivity contribution < 1.29 is 9.59 Å². The van der Waals surface area contributed by atoms with Crippen LogP contribution in [-0.2, 0) is 4.79 Å². The highest BCUT2D eigenvalue weighted by Gasteiger charge is 2.14. The van der Waals surface area contributed by atoms with Crippen LogP contribution in [0.2, 0.25) is 0 Å². The maximum Gasteiger partial charge on any atom is 0.267 e. The third kappa shape index (κ3) is 7.78. The third-order valence-corrected chi connectivity index (χ3v) is 4.46. The molecule has 28 heavy (non-hydrogen) atoms. The van der Waals surface area contributed by atoms with E-state index in [9.17, 15) is 9.59 Å². The van der Waals surface area contributed by atoms with E-state index in [1.807, 2.05) is 36.4 Å². The van der Waals surface area contributed by atoms with E-state index in [1.165, 1.54) is 25.7 Å². The Morgan fingerprint density at radius 2 is 1.43 bits per heavy atom. The molecule has 0 saturated carbocycles. The molecule has 0 aliphatic heterocycles. The molecule has 2 aromatic rings. The van der Waals surface area contributed by atoms with E-state index in [0.717, 1.165) is 18.4 Å². The number of hydrogen-bond acceptors (Lipinski definition) is 2. The van der Waals surface area contributed by atoms with Gasteiger partial charge in [-0.2, -0.15) is 0 Å². The zero-order chi connectivity index (χ0) is 20.0. The van der Waals surface area contributed by atoms with Gasteiger partial charge in [0.1, 0.15) is 5.70 Å². The van der Waals surface area contributed by atoms with E-state index in [4.69, 9.17) is 0 Å². The second-order valence-corrected chi connectivity index (χ2v) is 6.81. The van der Waals surface area contributed by atoms with E-state index >= 15 is 0 Å². The van der Waals surface area contributed by atoms with Gasteiger partial charge in [-0.1, -0.05) is 87.6 Å². The van der Waals surface area contributed by atoms with Crippen molar-refractivity contribution in [1.82, 2.24) is 10.6 Å². The van der Waals surface area contributed by atoms with Gasteiger partial charge < -0.3 is 10.6 Å². The Morgan fingerprint density at radius 1 is 0.821 bits per heavy atom. The molecule has 0 saturated heterocycles. The standard InChI is InChI=1S/C24H30N2O2/c1-2-3-4-5-6-13-18-25-24(28)22(19-20-14-9-7-10-15-20)26-23(27)21-16-11-8-12-17-21/h7-12,14-17,19H,2-6,13,18H2,1H3,(H,25,28)(H,26,27)/b22-19-. The van der Waals surface area contributed by atoms with Crippen LogP contribution >= 0.6 is 0 Å². The zero-order valence-corrected chi connectivity index (χ0v) is 16.6. The van der Waals surface area contributed by atoms with Crippen LogP contribution in [0.5, 0.6) is 0 Å². The van der Waals surface area contributed by atoms with Gasteiger partial charge in [0.2, 0.25) is 0 Å². The van der Waals surface area contributed by atoms with Crippen molar-refractivity contribution in [2.45, 2.75) is 45.4 Å². The highest BCUT2D eigenvalue weighted by Crippen LogP contribution is 2.08. The first-order chi connectivity index (χ1) is 13.7. The summed E-state index contributed by atoms with van der Waals surface area (Å²) in [6.07, 6.45) is 8.69. The predicted molar refractivity (Wildman–Crippen MR) is 115 cm³/mol. The molecule has 0 aliphatic rings. The Morgan fingerprint density at radius 3 is 2.11 bits per heavy atom. The molecule has 2 aromatic carbocycles. The van der Waals surface area contributed by atoms with Crippen molar-refractivity contribution in [3.05, 3.63) is 77.5 Å². The van der Waals surface area contributed by atoms with Gasteiger partial charge >= 0.3 is 0 Å². The van der Waals surface area contributed by atoms with E-state index in [1.54, 1.807) is 30.3 Å². The van der Waals surface area contributed by atoms with E-state index in [2.05, 4.69) is 17.6 Å². The molecule has 4 heteroatoms. The molecule has 0 unspecified atom stereocenters. The van der Waals surface area contributed by atoms with E-state index in [0.29, 0.717) is 12.1 Å². The molecule has 0 fully saturated rings. The monoisotopic (exact) mass is 378 g/mol. The number of amides is 2. The summed E-state index contributed by atoms with van der Waals surface area (Å²) in [5, 5.41) is 5.69. The van der Waals surface area contributed by atoms with E-state index in [-0.39, 0.29) is 17.5 Å². The second-order valence-electron chi connectivity index (χ2n) is 6.81. The van der Waals surface area contributed by atoms with Gasteiger partial charge in [0, 0.05) is 12.1 Å². The molecular formula is C24H30N2O2. The molecule has 2 rings (SSSR count). The summed E-state index contributed by atoms with van der Waals surface area (Å²) >= 11 is 0. The predicted octanol–water partition coefficient (Wildman–Crippen LogP) is 4.93. The van der Waals surface area contributed by atoms with Gasteiger partial charge in [-0.25, -0.2) is 0 Å². The normalized spacial score (nSPS) is 11.1.